The molecule has 0 aromatic carbocycles. The van der Waals surface area contributed by atoms with E-state index in [-0.39, 0.29) is 11.8 Å². The van der Waals surface area contributed by atoms with E-state index in [0.29, 0.717) is 50.7 Å². The lowest BCUT2D eigenvalue weighted by atomic mass is 9.97. The van der Waals surface area contributed by atoms with E-state index >= 15 is 0 Å². The summed E-state index contributed by atoms with van der Waals surface area (Å²) >= 11 is 0. The number of nitrogens with one attached hydrogen (secondary N) is 3. The van der Waals surface area contributed by atoms with Crippen LogP contribution in [0.4, 0.5) is 17.3 Å². The first kappa shape index (κ1) is 20.9. The van der Waals surface area contributed by atoms with E-state index in [1.165, 1.54) is 10.6 Å². The summed E-state index contributed by atoms with van der Waals surface area (Å²) in [6.07, 6.45) is 5.68. The topological polar surface area (TPSA) is 129 Å². The second-order valence-electron chi connectivity index (χ2n) is 6.82. The molecule has 2 aromatic rings. The van der Waals surface area contributed by atoms with Gasteiger partial charge in [0.2, 0.25) is 15.9 Å². The lowest BCUT2D eigenvalue weighted by molar-refractivity contribution is -0.126. The summed E-state index contributed by atoms with van der Waals surface area (Å²) < 4.78 is 24.5. The van der Waals surface area contributed by atoms with Gasteiger partial charge in [-0.2, -0.15) is 0 Å². The number of hydrogen-bond donors (Lipinski definition) is 3. The molecule has 0 aliphatic carbocycles. The quantitative estimate of drug-likeness (QED) is 0.536. The summed E-state index contributed by atoms with van der Waals surface area (Å²) in [7, 11) is -3.18. The van der Waals surface area contributed by atoms with Crippen molar-refractivity contribution in [2.45, 2.75) is 12.8 Å². The van der Waals surface area contributed by atoms with Crippen molar-refractivity contribution in [2.24, 2.45) is 5.92 Å². The second kappa shape index (κ2) is 9.61. The van der Waals surface area contributed by atoms with E-state index in [2.05, 4.69) is 31.1 Å². The molecule has 1 aliphatic rings. The zero-order chi connectivity index (χ0) is 20.7. The molecule has 3 rings (SSSR count). The van der Waals surface area contributed by atoms with E-state index < -0.39 is 10.0 Å². The van der Waals surface area contributed by atoms with Gasteiger partial charge in [0.25, 0.3) is 0 Å². The van der Waals surface area contributed by atoms with Crippen molar-refractivity contribution in [3.8, 4) is 0 Å². The molecule has 29 heavy (non-hydrogen) atoms. The number of anilines is 3. The van der Waals surface area contributed by atoms with Crippen LogP contribution in [-0.2, 0) is 14.8 Å². The van der Waals surface area contributed by atoms with Gasteiger partial charge in [0.15, 0.2) is 5.82 Å². The van der Waals surface area contributed by atoms with Crippen LogP contribution in [0, 0.1) is 5.92 Å². The first-order chi connectivity index (χ1) is 13.9. The summed E-state index contributed by atoms with van der Waals surface area (Å²) in [5.74, 6) is 1.03. The molecule has 156 valence electrons. The lowest BCUT2D eigenvalue weighted by Crippen LogP contribution is -2.43. The normalized spacial score (nSPS) is 15.6. The maximum absolute atomic E-state index is 12.2. The first-order valence-electron chi connectivity index (χ1n) is 9.39. The third kappa shape index (κ3) is 6.36. The second-order valence-corrected chi connectivity index (χ2v) is 8.81. The fourth-order valence-electron chi connectivity index (χ4n) is 3.05. The summed E-state index contributed by atoms with van der Waals surface area (Å²) in [6.45, 7) is 1.74. The highest BCUT2D eigenvalue weighted by Gasteiger charge is 2.28. The van der Waals surface area contributed by atoms with Crippen LogP contribution in [0.2, 0.25) is 0 Å². The minimum atomic E-state index is -3.18. The van der Waals surface area contributed by atoms with Gasteiger partial charge in [0.05, 0.1) is 18.1 Å². The van der Waals surface area contributed by atoms with Crippen molar-refractivity contribution >= 4 is 33.3 Å². The molecule has 10 nitrogen and oxygen atoms in total. The molecule has 1 amide bonds. The Morgan fingerprint density at radius 3 is 2.48 bits per heavy atom. The highest BCUT2D eigenvalue weighted by Crippen LogP contribution is 2.19. The van der Waals surface area contributed by atoms with Gasteiger partial charge < -0.3 is 16.0 Å². The van der Waals surface area contributed by atoms with Crippen LogP contribution in [0.15, 0.2) is 36.7 Å². The SMILES string of the molecule is CS(=O)(=O)N1CCC(C(=O)NCCNc2ccc(Nc3cccnc3)nn2)CC1. The van der Waals surface area contributed by atoms with Gasteiger partial charge in [-0.3, -0.25) is 9.78 Å². The molecule has 1 aliphatic heterocycles. The van der Waals surface area contributed by atoms with Crippen molar-refractivity contribution in [1.82, 2.24) is 24.8 Å². The number of nitrogens with zero attached hydrogens (tertiary/aromatic N) is 4. The Bertz CT molecular complexity index is 899. The predicted molar refractivity (Wildman–Crippen MR) is 110 cm³/mol. The maximum Gasteiger partial charge on any atom is 0.223 e. The number of amides is 1. The molecule has 0 radical (unpaired) electrons. The molecular formula is C18H25N7O3S. The summed E-state index contributed by atoms with van der Waals surface area (Å²) in [4.78, 5) is 16.3. The van der Waals surface area contributed by atoms with E-state index in [0.717, 1.165) is 5.69 Å². The Morgan fingerprint density at radius 1 is 1.14 bits per heavy atom. The number of carbonyl (C=O) groups excluding carboxylic acids is 1. The van der Waals surface area contributed by atoms with E-state index in [1.807, 2.05) is 12.1 Å². The Kier molecular flexibility index (Phi) is 6.94. The fraction of sp³-hybridized carbons (Fsp3) is 0.444. The van der Waals surface area contributed by atoms with Crippen molar-refractivity contribution in [2.75, 3.05) is 43.1 Å². The van der Waals surface area contributed by atoms with Crippen molar-refractivity contribution < 1.29 is 13.2 Å². The van der Waals surface area contributed by atoms with Crippen molar-refractivity contribution in [1.29, 1.82) is 0 Å². The largest absolute Gasteiger partial charge is 0.367 e. The Labute approximate surface area is 170 Å². The van der Waals surface area contributed by atoms with Crippen LogP contribution in [-0.4, -0.2) is 66.2 Å². The zero-order valence-corrected chi connectivity index (χ0v) is 17.0. The number of piperidine rings is 1. The van der Waals surface area contributed by atoms with E-state index in [1.54, 1.807) is 24.5 Å². The standard InChI is InChI=1S/C18H25N7O3S/c1-29(27,28)25-11-6-14(7-12-25)18(26)21-10-9-20-16-4-5-17(24-23-16)22-15-3-2-8-19-13-15/h2-5,8,13-14H,6-7,9-12H2,1H3,(H,20,23)(H,21,26)(H,22,24). The van der Waals surface area contributed by atoms with Crippen LogP contribution in [0.5, 0.6) is 0 Å². The fourth-order valence-corrected chi connectivity index (χ4v) is 3.92. The highest BCUT2D eigenvalue weighted by atomic mass is 32.2. The minimum Gasteiger partial charge on any atom is -0.367 e. The average Bonchev–Trinajstić information content (AvgIpc) is 2.72. The monoisotopic (exact) mass is 419 g/mol. The van der Waals surface area contributed by atoms with Gasteiger partial charge in [-0.05, 0) is 37.1 Å². The Morgan fingerprint density at radius 2 is 1.86 bits per heavy atom. The van der Waals surface area contributed by atoms with Gasteiger partial charge in [-0.1, -0.05) is 0 Å². The maximum atomic E-state index is 12.2. The molecule has 0 spiro atoms. The number of rotatable bonds is 8. The zero-order valence-electron chi connectivity index (χ0n) is 16.2. The van der Waals surface area contributed by atoms with Crippen LogP contribution in [0.1, 0.15) is 12.8 Å². The first-order valence-corrected chi connectivity index (χ1v) is 11.2. The molecule has 0 bridgehead atoms. The number of aromatic nitrogens is 3. The molecule has 0 saturated carbocycles. The number of sulfonamides is 1. The molecule has 3 heterocycles. The lowest BCUT2D eigenvalue weighted by Gasteiger charge is -2.29. The summed E-state index contributed by atoms with van der Waals surface area (Å²) in [5.41, 5.74) is 0.826. The van der Waals surface area contributed by atoms with Crippen LogP contribution in [0.3, 0.4) is 0 Å². The summed E-state index contributed by atoms with van der Waals surface area (Å²) in [5, 5.41) is 17.3. The van der Waals surface area contributed by atoms with Gasteiger partial charge in [0, 0.05) is 38.3 Å². The Hall–Kier alpha value is -2.79. The van der Waals surface area contributed by atoms with Crippen molar-refractivity contribution in [3.63, 3.8) is 0 Å². The number of carbonyl (C=O) groups is 1. The third-order valence-corrected chi connectivity index (χ3v) is 5.93. The average molecular weight is 420 g/mol. The molecule has 0 unspecified atom stereocenters. The van der Waals surface area contributed by atoms with Gasteiger partial charge in [0.1, 0.15) is 5.82 Å². The predicted octanol–water partition coefficient (Wildman–Crippen LogP) is 0.815. The van der Waals surface area contributed by atoms with Gasteiger partial charge in [-0.25, -0.2) is 12.7 Å². The molecule has 1 saturated heterocycles. The molecular weight excluding hydrogens is 394 g/mol. The van der Waals surface area contributed by atoms with Gasteiger partial charge >= 0.3 is 0 Å². The molecule has 2 aromatic heterocycles. The molecule has 11 heteroatoms. The van der Waals surface area contributed by atoms with Crippen molar-refractivity contribution in [3.05, 3.63) is 36.7 Å². The van der Waals surface area contributed by atoms with Crippen LogP contribution >= 0.6 is 0 Å². The summed E-state index contributed by atoms with van der Waals surface area (Å²) in [6, 6.07) is 7.31. The minimum absolute atomic E-state index is 0.0398. The highest BCUT2D eigenvalue weighted by molar-refractivity contribution is 7.88. The third-order valence-electron chi connectivity index (χ3n) is 4.62. The number of pyridine rings is 1. The van der Waals surface area contributed by atoms with Crippen LogP contribution < -0.4 is 16.0 Å². The molecule has 3 N–H and O–H groups in total. The smallest absolute Gasteiger partial charge is 0.223 e. The number of hydrogen-bond acceptors (Lipinski definition) is 8. The molecule has 1 fully saturated rings. The van der Waals surface area contributed by atoms with E-state index in [9.17, 15) is 13.2 Å². The van der Waals surface area contributed by atoms with Gasteiger partial charge in [-0.15, -0.1) is 10.2 Å². The molecule has 0 atom stereocenters. The van der Waals surface area contributed by atoms with Crippen LogP contribution in [0.25, 0.3) is 0 Å². The van der Waals surface area contributed by atoms with E-state index in [4.69, 9.17) is 0 Å². The Balaban J connectivity index is 1.35.